The van der Waals surface area contributed by atoms with Crippen LogP contribution < -0.4 is 11.1 Å². The number of nitrogens with two attached hydrogens (primary N) is 1. The topological polar surface area (TPSA) is 64.3 Å². The average Bonchev–Trinajstić information content (AvgIpc) is 1.94. The lowest BCUT2D eigenvalue weighted by molar-refractivity contribution is 0.00552. The van der Waals surface area contributed by atoms with Gasteiger partial charge >= 0.3 is 6.09 Å². The summed E-state index contributed by atoms with van der Waals surface area (Å²) in [4.78, 5) is 11.2. The molecule has 1 unspecified atom stereocenters. The molecule has 0 aliphatic rings. The quantitative estimate of drug-likeness (QED) is 0.786. The van der Waals surface area contributed by atoms with E-state index in [1.165, 1.54) is 0 Å². The molecule has 0 aliphatic carbocycles. The van der Waals surface area contributed by atoms with Gasteiger partial charge in [0, 0.05) is 19.0 Å². The molecule has 0 aromatic heterocycles. The Balaban J connectivity index is 3.85. The summed E-state index contributed by atoms with van der Waals surface area (Å²) in [6.45, 7) is 5.91. The van der Waals surface area contributed by atoms with Gasteiger partial charge in [-0.2, -0.15) is 0 Å². The molecular weight excluding hydrogens is 218 g/mol. The number of hydrogen-bond acceptors (Lipinski definition) is 3. The molecule has 0 saturated heterocycles. The predicted molar refractivity (Wildman–Crippen MR) is 57.5 cm³/mol. The predicted octanol–water partition coefficient (Wildman–Crippen LogP) is 1.88. The molecule has 0 aromatic rings. The van der Waals surface area contributed by atoms with Gasteiger partial charge in [-0.25, -0.2) is 13.6 Å². The van der Waals surface area contributed by atoms with Crippen LogP contribution in [0.5, 0.6) is 0 Å². The van der Waals surface area contributed by atoms with Crippen molar-refractivity contribution in [3.05, 3.63) is 0 Å². The van der Waals surface area contributed by atoms with E-state index in [0.29, 0.717) is 0 Å². The Morgan fingerprint density at radius 2 is 1.88 bits per heavy atom. The van der Waals surface area contributed by atoms with Crippen molar-refractivity contribution in [2.45, 2.75) is 51.7 Å². The smallest absolute Gasteiger partial charge is 0.407 e. The monoisotopic (exact) mass is 238 g/mol. The fraction of sp³-hybridized carbons (Fsp3) is 0.900. The van der Waals surface area contributed by atoms with E-state index in [1.807, 2.05) is 0 Å². The van der Waals surface area contributed by atoms with Crippen LogP contribution in [0, 0.1) is 0 Å². The largest absolute Gasteiger partial charge is 0.444 e. The molecule has 0 heterocycles. The van der Waals surface area contributed by atoms with E-state index in [1.54, 1.807) is 20.8 Å². The van der Waals surface area contributed by atoms with E-state index < -0.39 is 30.1 Å². The van der Waals surface area contributed by atoms with Gasteiger partial charge in [0.25, 0.3) is 0 Å². The van der Waals surface area contributed by atoms with Crippen LogP contribution in [0.25, 0.3) is 0 Å². The van der Waals surface area contributed by atoms with E-state index >= 15 is 0 Å². The highest BCUT2D eigenvalue weighted by Crippen LogP contribution is 2.17. The van der Waals surface area contributed by atoms with Gasteiger partial charge in [-0.1, -0.05) is 0 Å². The molecule has 4 nitrogen and oxygen atoms in total. The summed E-state index contributed by atoms with van der Waals surface area (Å²) in [6, 6.07) is -0.785. The molecule has 0 radical (unpaired) electrons. The molecule has 3 N–H and O–H groups in total. The van der Waals surface area contributed by atoms with E-state index in [9.17, 15) is 13.6 Å². The lowest BCUT2D eigenvalue weighted by atomic mass is 10.1. The third-order valence-corrected chi connectivity index (χ3v) is 1.53. The van der Waals surface area contributed by atoms with E-state index in [4.69, 9.17) is 10.5 Å². The number of amides is 1. The number of hydrogen-bond donors (Lipinski definition) is 2. The second-order valence-corrected chi connectivity index (χ2v) is 4.92. The molecule has 16 heavy (non-hydrogen) atoms. The van der Waals surface area contributed by atoms with Gasteiger partial charge in [0.2, 0.25) is 5.92 Å². The Kier molecular flexibility index (Phi) is 5.12. The number of nitrogens with one attached hydrogen (secondary N) is 1. The van der Waals surface area contributed by atoms with Crippen molar-refractivity contribution in [2.24, 2.45) is 5.73 Å². The Morgan fingerprint density at radius 3 is 2.25 bits per heavy atom. The summed E-state index contributed by atoms with van der Waals surface area (Å²) in [5.74, 6) is -2.82. The highest BCUT2D eigenvalue weighted by Gasteiger charge is 2.25. The van der Waals surface area contributed by atoms with E-state index in [0.717, 1.165) is 6.92 Å². The Labute approximate surface area is 94.5 Å². The molecular formula is C10H20F2N2O2. The second-order valence-electron chi connectivity index (χ2n) is 4.92. The third-order valence-electron chi connectivity index (χ3n) is 1.53. The van der Waals surface area contributed by atoms with Gasteiger partial charge in [-0.05, 0) is 27.7 Å². The first-order valence-electron chi connectivity index (χ1n) is 5.10. The van der Waals surface area contributed by atoms with Gasteiger partial charge in [0.15, 0.2) is 0 Å². The van der Waals surface area contributed by atoms with Crippen molar-refractivity contribution >= 4 is 6.09 Å². The van der Waals surface area contributed by atoms with Crippen molar-refractivity contribution < 1.29 is 18.3 Å². The van der Waals surface area contributed by atoms with Crippen molar-refractivity contribution in [3.8, 4) is 0 Å². The van der Waals surface area contributed by atoms with E-state index in [-0.39, 0.29) is 6.54 Å². The minimum atomic E-state index is -2.82. The average molecular weight is 238 g/mol. The van der Waals surface area contributed by atoms with Gasteiger partial charge in [0.05, 0.1) is 0 Å². The summed E-state index contributed by atoms with van der Waals surface area (Å²) < 4.78 is 30.0. The van der Waals surface area contributed by atoms with Gasteiger partial charge in [-0.3, -0.25) is 0 Å². The van der Waals surface area contributed by atoms with Crippen LogP contribution >= 0.6 is 0 Å². The normalized spacial score (nSPS) is 14.4. The Morgan fingerprint density at radius 1 is 1.38 bits per heavy atom. The minimum absolute atomic E-state index is 0.0294. The molecule has 0 fully saturated rings. The molecule has 96 valence electrons. The van der Waals surface area contributed by atoms with Crippen LogP contribution in [0.15, 0.2) is 0 Å². The summed E-state index contributed by atoms with van der Waals surface area (Å²) in [7, 11) is 0. The molecule has 0 spiro atoms. The van der Waals surface area contributed by atoms with Crippen LogP contribution in [0.1, 0.15) is 34.1 Å². The molecule has 0 bridgehead atoms. The SMILES string of the molecule is CC(F)(F)CC(N)CNC(=O)OC(C)(C)C. The third kappa shape index (κ3) is 9.64. The number of alkyl carbamates (subject to hydrolysis) is 1. The zero-order valence-electron chi connectivity index (χ0n) is 10.1. The van der Waals surface area contributed by atoms with Crippen molar-refractivity contribution in [1.29, 1.82) is 0 Å². The number of alkyl halides is 2. The maximum atomic E-state index is 12.5. The van der Waals surface area contributed by atoms with E-state index in [2.05, 4.69) is 5.32 Å². The Bertz CT molecular complexity index is 234. The molecule has 0 rings (SSSR count). The van der Waals surface area contributed by atoms with Crippen LogP contribution in [0.3, 0.4) is 0 Å². The first-order valence-corrected chi connectivity index (χ1v) is 5.10. The maximum absolute atomic E-state index is 12.5. The second kappa shape index (κ2) is 5.43. The summed E-state index contributed by atoms with van der Waals surface area (Å²) >= 11 is 0. The fourth-order valence-electron chi connectivity index (χ4n) is 1.06. The highest BCUT2D eigenvalue weighted by atomic mass is 19.3. The fourth-order valence-corrected chi connectivity index (χ4v) is 1.06. The van der Waals surface area contributed by atoms with Gasteiger partial charge in [-0.15, -0.1) is 0 Å². The minimum Gasteiger partial charge on any atom is -0.444 e. The van der Waals surface area contributed by atoms with Gasteiger partial charge in [0.1, 0.15) is 5.60 Å². The molecule has 0 aromatic carbocycles. The number of carbonyl (C=O) groups is 1. The van der Waals surface area contributed by atoms with Crippen molar-refractivity contribution in [1.82, 2.24) is 5.32 Å². The first-order chi connectivity index (χ1) is 6.99. The lowest BCUT2D eigenvalue weighted by Gasteiger charge is -2.21. The van der Waals surface area contributed by atoms with Crippen molar-refractivity contribution in [3.63, 3.8) is 0 Å². The van der Waals surface area contributed by atoms with Crippen LogP contribution in [0.4, 0.5) is 13.6 Å². The molecule has 0 aliphatic heterocycles. The zero-order chi connectivity index (χ0) is 13.0. The number of carbonyl (C=O) groups excluding carboxylic acids is 1. The lowest BCUT2D eigenvalue weighted by Crippen LogP contribution is -2.42. The summed E-state index contributed by atoms with van der Waals surface area (Å²) in [5.41, 5.74) is 4.81. The number of ether oxygens (including phenoxy) is 1. The first kappa shape index (κ1) is 15.1. The molecule has 6 heteroatoms. The highest BCUT2D eigenvalue weighted by molar-refractivity contribution is 5.67. The standard InChI is InChI=1S/C10H20F2N2O2/c1-9(2,3)16-8(15)14-6-7(13)5-10(4,11)12/h7H,5-6,13H2,1-4H3,(H,14,15). The molecule has 1 amide bonds. The number of rotatable bonds is 4. The zero-order valence-corrected chi connectivity index (χ0v) is 10.1. The summed E-state index contributed by atoms with van der Waals surface area (Å²) in [5, 5.41) is 2.34. The van der Waals surface area contributed by atoms with Crippen LogP contribution in [-0.4, -0.2) is 30.2 Å². The molecule has 1 atom stereocenters. The summed E-state index contributed by atoms with van der Waals surface area (Å²) in [6.07, 6.45) is -1.12. The van der Waals surface area contributed by atoms with Crippen molar-refractivity contribution in [2.75, 3.05) is 6.54 Å². The number of halogens is 2. The molecule has 0 saturated carbocycles. The maximum Gasteiger partial charge on any atom is 0.407 e. The van der Waals surface area contributed by atoms with Crippen LogP contribution in [0.2, 0.25) is 0 Å². The van der Waals surface area contributed by atoms with Gasteiger partial charge < -0.3 is 15.8 Å². The van der Waals surface area contributed by atoms with Crippen LogP contribution in [-0.2, 0) is 4.74 Å². The Hall–Kier alpha value is -0.910.